The van der Waals surface area contributed by atoms with E-state index in [4.69, 9.17) is 0 Å². The molecule has 64 valence electrons. The lowest BCUT2D eigenvalue weighted by Crippen LogP contribution is -2.22. The molecule has 2 unspecified atom stereocenters. The fraction of sp³-hybridized carbons (Fsp3) is 0.500. The highest BCUT2D eigenvalue weighted by Gasteiger charge is 2.32. The van der Waals surface area contributed by atoms with Crippen molar-refractivity contribution in [3.05, 3.63) is 34.4 Å². The lowest BCUT2D eigenvalue weighted by Gasteiger charge is -2.38. The van der Waals surface area contributed by atoms with Crippen LogP contribution < -0.4 is 0 Å². The van der Waals surface area contributed by atoms with Crippen molar-refractivity contribution in [2.24, 2.45) is 0 Å². The van der Waals surface area contributed by atoms with Crippen LogP contribution in [-0.2, 0) is 0 Å². The molecule has 0 amide bonds. The Balaban J connectivity index is 2.63. The van der Waals surface area contributed by atoms with E-state index in [1.807, 2.05) is 0 Å². The average molecular weight is 160 g/mol. The van der Waals surface area contributed by atoms with Crippen LogP contribution in [0.2, 0.25) is 0 Å². The highest BCUT2D eigenvalue weighted by atomic mass is 14.4. The van der Waals surface area contributed by atoms with Crippen LogP contribution in [0.25, 0.3) is 0 Å². The molecule has 12 heavy (non-hydrogen) atoms. The summed E-state index contributed by atoms with van der Waals surface area (Å²) in [4.78, 5) is 0. The van der Waals surface area contributed by atoms with Crippen LogP contribution in [0.3, 0.4) is 0 Å². The Morgan fingerprint density at radius 2 is 1.17 bits per heavy atom. The summed E-state index contributed by atoms with van der Waals surface area (Å²) >= 11 is 0. The van der Waals surface area contributed by atoms with Gasteiger partial charge in [-0.1, -0.05) is 26.0 Å². The minimum atomic E-state index is 0.778. The molecule has 1 aliphatic rings. The van der Waals surface area contributed by atoms with Gasteiger partial charge in [0.2, 0.25) is 0 Å². The average Bonchev–Trinajstić information content (AvgIpc) is 2.07. The second-order valence-corrected chi connectivity index (χ2v) is 4.10. The largest absolute Gasteiger partial charge is 0.0588 e. The van der Waals surface area contributed by atoms with Crippen molar-refractivity contribution in [3.63, 3.8) is 0 Å². The summed E-state index contributed by atoms with van der Waals surface area (Å²) in [5, 5.41) is 0. The Morgan fingerprint density at radius 3 is 1.50 bits per heavy atom. The van der Waals surface area contributed by atoms with Crippen molar-refractivity contribution in [2.45, 2.75) is 39.5 Å². The summed E-state index contributed by atoms with van der Waals surface area (Å²) in [6.45, 7) is 9.11. The number of benzene rings is 1. The molecule has 1 aliphatic carbocycles. The van der Waals surface area contributed by atoms with E-state index in [0.29, 0.717) is 0 Å². The van der Waals surface area contributed by atoms with Crippen molar-refractivity contribution < 1.29 is 0 Å². The first-order valence-corrected chi connectivity index (χ1v) is 4.73. The van der Waals surface area contributed by atoms with Crippen LogP contribution in [-0.4, -0.2) is 0 Å². The van der Waals surface area contributed by atoms with Gasteiger partial charge in [-0.2, -0.15) is 0 Å². The number of rotatable bonds is 0. The van der Waals surface area contributed by atoms with Gasteiger partial charge in [0.05, 0.1) is 0 Å². The monoisotopic (exact) mass is 160 g/mol. The van der Waals surface area contributed by atoms with Crippen LogP contribution >= 0.6 is 0 Å². The molecule has 2 rings (SSSR count). The van der Waals surface area contributed by atoms with E-state index in [1.165, 1.54) is 11.1 Å². The van der Waals surface area contributed by atoms with E-state index in [2.05, 4.69) is 39.8 Å². The molecule has 1 aromatic carbocycles. The van der Waals surface area contributed by atoms with Gasteiger partial charge in [-0.15, -0.1) is 0 Å². The molecule has 0 spiro atoms. The number of fused-ring (bicyclic) bond motifs is 1. The third-order valence-electron chi connectivity index (χ3n) is 3.38. The zero-order chi connectivity index (χ0) is 8.88. The van der Waals surface area contributed by atoms with E-state index < -0.39 is 0 Å². The molecular formula is C12H16. The van der Waals surface area contributed by atoms with Crippen LogP contribution in [0.1, 0.15) is 47.9 Å². The first-order chi connectivity index (χ1) is 5.63. The molecule has 2 atom stereocenters. The van der Waals surface area contributed by atoms with Gasteiger partial charge >= 0.3 is 0 Å². The Hall–Kier alpha value is -0.780. The number of hydrogen-bond donors (Lipinski definition) is 0. The number of hydrogen-bond acceptors (Lipinski definition) is 0. The predicted octanol–water partition coefficient (Wildman–Crippen LogP) is 3.52. The molecule has 0 bridgehead atoms. The van der Waals surface area contributed by atoms with Gasteiger partial charge in [-0.3, -0.25) is 0 Å². The van der Waals surface area contributed by atoms with E-state index in [9.17, 15) is 0 Å². The number of aryl methyl sites for hydroxylation is 2. The van der Waals surface area contributed by atoms with E-state index in [0.717, 1.165) is 11.8 Å². The van der Waals surface area contributed by atoms with E-state index >= 15 is 0 Å². The van der Waals surface area contributed by atoms with Gasteiger partial charge in [0.25, 0.3) is 0 Å². The maximum Gasteiger partial charge on any atom is -0.0118 e. The molecule has 0 fully saturated rings. The first kappa shape index (κ1) is 7.85. The second-order valence-electron chi connectivity index (χ2n) is 4.10. The normalized spacial score (nSPS) is 26.3. The fourth-order valence-electron chi connectivity index (χ4n) is 2.47. The Kier molecular flexibility index (Phi) is 1.54. The maximum absolute atomic E-state index is 2.33. The minimum absolute atomic E-state index is 0.778. The SMILES string of the molecule is Cc1ccc(C)c2c1C(C)C2C. The zero-order valence-electron chi connectivity index (χ0n) is 8.31. The third kappa shape index (κ3) is 0.782. The topological polar surface area (TPSA) is 0 Å². The van der Waals surface area contributed by atoms with Crippen molar-refractivity contribution >= 4 is 0 Å². The second kappa shape index (κ2) is 2.35. The van der Waals surface area contributed by atoms with Crippen molar-refractivity contribution in [1.82, 2.24) is 0 Å². The molecule has 0 nitrogen and oxygen atoms in total. The first-order valence-electron chi connectivity index (χ1n) is 4.73. The molecular weight excluding hydrogens is 144 g/mol. The van der Waals surface area contributed by atoms with Crippen LogP contribution in [0, 0.1) is 13.8 Å². The molecule has 0 radical (unpaired) electrons. The molecule has 1 aromatic rings. The van der Waals surface area contributed by atoms with Gasteiger partial charge in [-0.05, 0) is 47.9 Å². The lowest BCUT2D eigenvalue weighted by molar-refractivity contribution is 0.534. The summed E-state index contributed by atoms with van der Waals surface area (Å²) in [6.07, 6.45) is 0. The molecule has 0 N–H and O–H groups in total. The summed E-state index contributed by atoms with van der Waals surface area (Å²) in [5.41, 5.74) is 6.17. The molecule has 0 aliphatic heterocycles. The standard InChI is InChI=1S/C12H16/c1-7-5-6-8(2)12-10(4)9(3)11(7)12/h5-6,9-10H,1-4H3. The lowest BCUT2D eigenvalue weighted by atomic mass is 9.66. The fourth-order valence-corrected chi connectivity index (χ4v) is 2.47. The van der Waals surface area contributed by atoms with Gasteiger partial charge in [0, 0.05) is 0 Å². The highest BCUT2D eigenvalue weighted by Crippen LogP contribution is 2.48. The molecule has 0 saturated heterocycles. The molecule has 0 saturated carbocycles. The van der Waals surface area contributed by atoms with Crippen molar-refractivity contribution in [1.29, 1.82) is 0 Å². The summed E-state index contributed by atoms with van der Waals surface area (Å²) < 4.78 is 0. The molecule has 0 heterocycles. The quantitative estimate of drug-likeness (QED) is 0.544. The summed E-state index contributed by atoms with van der Waals surface area (Å²) in [7, 11) is 0. The smallest absolute Gasteiger partial charge is 0.0118 e. The Bertz CT molecular complexity index is 290. The van der Waals surface area contributed by atoms with Gasteiger partial charge in [0.1, 0.15) is 0 Å². The summed E-state index contributed by atoms with van der Waals surface area (Å²) in [5.74, 6) is 1.56. The molecule has 0 aromatic heterocycles. The summed E-state index contributed by atoms with van der Waals surface area (Å²) in [6, 6.07) is 4.49. The van der Waals surface area contributed by atoms with Crippen LogP contribution in [0.15, 0.2) is 12.1 Å². The zero-order valence-corrected chi connectivity index (χ0v) is 8.31. The van der Waals surface area contributed by atoms with Gasteiger partial charge in [-0.25, -0.2) is 0 Å². The van der Waals surface area contributed by atoms with E-state index in [-0.39, 0.29) is 0 Å². The highest BCUT2D eigenvalue weighted by molar-refractivity contribution is 5.52. The van der Waals surface area contributed by atoms with Crippen LogP contribution in [0.4, 0.5) is 0 Å². The van der Waals surface area contributed by atoms with Crippen molar-refractivity contribution in [2.75, 3.05) is 0 Å². The maximum atomic E-state index is 2.33. The predicted molar refractivity (Wildman–Crippen MR) is 52.7 cm³/mol. The van der Waals surface area contributed by atoms with Crippen molar-refractivity contribution in [3.8, 4) is 0 Å². The Morgan fingerprint density at radius 1 is 0.833 bits per heavy atom. The third-order valence-corrected chi connectivity index (χ3v) is 3.38. The molecule has 0 heteroatoms. The van der Waals surface area contributed by atoms with E-state index in [1.54, 1.807) is 11.1 Å². The van der Waals surface area contributed by atoms with Gasteiger partial charge < -0.3 is 0 Å². The van der Waals surface area contributed by atoms with Crippen LogP contribution in [0.5, 0.6) is 0 Å². The Labute approximate surface area is 74.6 Å². The van der Waals surface area contributed by atoms with Gasteiger partial charge in [0.15, 0.2) is 0 Å². The minimum Gasteiger partial charge on any atom is -0.0588 e.